The van der Waals surface area contributed by atoms with E-state index in [4.69, 9.17) is 18.9 Å². The standard InChI is InChI=1S/C17H27N3O4.HI/c1-3-21-10-5-4-8-19-17(18-2)20-9-11-22-14-6-7-15-16(12-14)24-13-23-15;/h6-7,12H,3-5,8-11,13H2,1-2H3,(H2,18,19,20);1H. The summed E-state index contributed by atoms with van der Waals surface area (Å²) in [7, 11) is 1.76. The van der Waals surface area contributed by atoms with Crippen molar-refractivity contribution in [2.24, 2.45) is 4.99 Å². The van der Waals surface area contributed by atoms with E-state index in [0.717, 1.165) is 55.8 Å². The Morgan fingerprint density at radius 3 is 2.72 bits per heavy atom. The highest BCUT2D eigenvalue weighted by atomic mass is 127. The number of hydrogen-bond donors (Lipinski definition) is 2. The third-order valence-electron chi connectivity index (χ3n) is 3.44. The number of benzene rings is 1. The highest BCUT2D eigenvalue weighted by Gasteiger charge is 2.13. The van der Waals surface area contributed by atoms with E-state index in [-0.39, 0.29) is 30.8 Å². The molecule has 8 heteroatoms. The zero-order valence-corrected chi connectivity index (χ0v) is 17.2. The fraction of sp³-hybridized carbons (Fsp3) is 0.588. The Morgan fingerprint density at radius 1 is 1.12 bits per heavy atom. The number of fused-ring (bicyclic) bond motifs is 1. The average molecular weight is 465 g/mol. The number of nitrogens with one attached hydrogen (secondary N) is 2. The van der Waals surface area contributed by atoms with Crippen LogP contribution in [0.4, 0.5) is 0 Å². The molecule has 1 aromatic carbocycles. The molecule has 0 aromatic heterocycles. The van der Waals surface area contributed by atoms with Gasteiger partial charge in [-0.25, -0.2) is 0 Å². The quantitative estimate of drug-likeness (QED) is 0.239. The van der Waals surface area contributed by atoms with Crippen LogP contribution in [0.2, 0.25) is 0 Å². The van der Waals surface area contributed by atoms with Gasteiger partial charge in [0.15, 0.2) is 17.5 Å². The van der Waals surface area contributed by atoms with Gasteiger partial charge in [-0.15, -0.1) is 24.0 Å². The zero-order valence-electron chi connectivity index (χ0n) is 14.9. The van der Waals surface area contributed by atoms with E-state index in [9.17, 15) is 0 Å². The summed E-state index contributed by atoms with van der Waals surface area (Å²) in [6.45, 7) is 5.93. The number of rotatable bonds is 10. The van der Waals surface area contributed by atoms with Crippen LogP contribution in [0, 0.1) is 0 Å². The van der Waals surface area contributed by atoms with Crippen LogP contribution in [0.15, 0.2) is 23.2 Å². The summed E-state index contributed by atoms with van der Waals surface area (Å²) >= 11 is 0. The molecule has 0 saturated carbocycles. The number of nitrogens with zero attached hydrogens (tertiary/aromatic N) is 1. The van der Waals surface area contributed by atoms with Crippen LogP contribution in [0.25, 0.3) is 0 Å². The minimum atomic E-state index is 0. The van der Waals surface area contributed by atoms with E-state index >= 15 is 0 Å². The Balaban J connectivity index is 0.00000312. The van der Waals surface area contributed by atoms with E-state index in [1.165, 1.54) is 0 Å². The average Bonchev–Trinajstić information content (AvgIpc) is 3.07. The summed E-state index contributed by atoms with van der Waals surface area (Å²) < 4.78 is 21.6. The first-order valence-electron chi connectivity index (χ1n) is 8.38. The lowest BCUT2D eigenvalue weighted by atomic mass is 10.3. The lowest BCUT2D eigenvalue weighted by Gasteiger charge is -2.12. The smallest absolute Gasteiger partial charge is 0.231 e. The van der Waals surface area contributed by atoms with Crippen LogP contribution in [-0.4, -0.2) is 52.7 Å². The van der Waals surface area contributed by atoms with Crippen molar-refractivity contribution in [3.63, 3.8) is 0 Å². The molecule has 0 radical (unpaired) electrons. The molecule has 7 nitrogen and oxygen atoms in total. The molecule has 0 atom stereocenters. The number of aliphatic imine (C=N–C) groups is 1. The first-order chi connectivity index (χ1) is 11.8. The third kappa shape index (κ3) is 8.00. The fourth-order valence-corrected chi connectivity index (χ4v) is 2.21. The summed E-state index contributed by atoms with van der Waals surface area (Å²) in [6, 6.07) is 5.57. The van der Waals surface area contributed by atoms with Crippen LogP contribution in [-0.2, 0) is 4.74 Å². The van der Waals surface area contributed by atoms with E-state index in [1.807, 2.05) is 25.1 Å². The monoisotopic (exact) mass is 465 g/mol. The summed E-state index contributed by atoms with van der Waals surface area (Å²) in [6.07, 6.45) is 2.10. The van der Waals surface area contributed by atoms with Crippen LogP contribution < -0.4 is 24.8 Å². The van der Waals surface area contributed by atoms with Gasteiger partial charge >= 0.3 is 0 Å². The van der Waals surface area contributed by atoms with Gasteiger partial charge in [0.2, 0.25) is 6.79 Å². The topological polar surface area (TPSA) is 73.3 Å². The van der Waals surface area contributed by atoms with Gasteiger partial charge in [0, 0.05) is 32.9 Å². The molecule has 0 saturated heterocycles. The Bertz CT molecular complexity index is 529. The molecule has 1 aromatic rings. The summed E-state index contributed by atoms with van der Waals surface area (Å²) in [5.74, 6) is 3.03. The lowest BCUT2D eigenvalue weighted by molar-refractivity contribution is 0.143. The first kappa shape index (κ1) is 21.6. The molecule has 0 fully saturated rings. The molecule has 0 unspecified atom stereocenters. The Labute approximate surface area is 166 Å². The van der Waals surface area contributed by atoms with Crippen LogP contribution in [0.1, 0.15) is 19.8 Å². The predicted molar refractivity (Wildman–Crippen MR) is 109 cm³/mol. The molecule has 0 amide bonds. The lowest BCUT2D eigenvalue weighted by Crippen LogP contribution is -2.39. The van der Waals surface area contributed by atoms with Crippen molar-refractivity contribution in [1.29, 1.82) is 0 Å². The van der Waals surface area contributed by atoms with Crippen molar-refractivity contribution < 1.29 is 18.9 Å². The van der Waals surface area contributed by atoms with Gasteiger partial charge in [-0.05, 0) is 31.9 Å². The summed E-state index contributed by atoms with van der Waals surface area (Å²) in [4.78, 5) is 4.18. The van der Waals surface area contributed by atoms with Crippen LogP contribution in [0.5, 0.6) is 17.2 Å². The van der Waals surface area contributed by atoms with E-state index in [2.05, 4.69) is 15.6 Å². The van der Waals surface area contributed by atoms with Crippen LogP contribution >= 0.6 is 24.0 Å². The van der Waals surface area contributed by atoms with Gasteiger partial charge in [-0.2, -0.15) is 0 Å². The normalized spacial score (nSPS) is 12.5. The van der Waals surface area contributed by atoms with Crippen molar-refractivity contribution in [3.8, 4) is 17.2 Å². The maximum absolute atomic E-state index is 5.70. The molecule has 0 bridgehead atoms. The highest BCUT2D eigenvalue weighted by molar-refractivity contribution is 14.0. The molecular formula is C17H28IN3O4. The number of hydrogen-bond acceptors (Lipinski definition) is 5. The summed E-state index contributed by atoms with van der Waals surface area (Å²) in [5.41, 5.74) is 0. The van der Waals surface area contributed by atoms with Gasteiger partial charge in [0.05, 0.1) is 6.54 Å². The van der Waals surface area contributed by atoms with Gasteiger partial charge < -0.3 is 29.6 Å². The largest absolute Gasteiger partial charge is 0.492 e. The predicted octanol–water partition coefficient (Wildman–Crippen LogP) is 2.39. The minimum Gasteiger partial charge on any atom is -0.492 e. The van der Waals surface area contributed by atoms with Crippen molar-refractivity contribution in [2.75, 3.05) is 46.8 Å². The minimum absolute atomic E-state index is 0. The molecule has 1 aliphatic rings. The van der Waals surface area contributed by atoms with Crippen LogP contribution in [0.3, 0.4) is 0 Å². The maximum Gasteiger partial charge on any atom is 0.231 e. The molecule has 2 N–H and O–H groups in total. The van der Waals surface area contributed by atoms with Crippen molar-refractivity contribution in [3.05, 3.63) is 18.2 Å². The van der Waals surface area contributed by atoms with Gasteiger partial charge in [-0.3, -0.25) is 4.99 Å². The second-order valence-electron chi connectivity index (χ2n) is 5.19. The molecule has 142 valence electrons. The van der Waals surface area contributed by atoms with Gasteiger partial charge in [0.25, 0.3) is 0 Å². The third-order valence-corrected chi connectivity index (χ3v) is 3.44. The van der Waals surface area contributed by atoms with Crippen molar-refractivity contribution in [2.45, 2.75) is 19.8 Å². The molecule has 1 heterocycles. The number of ether oxygens (including phenoxy) is 4. The first-order valence-corrected chi connectivity index (χ1v) is 8.38. The summed E-state index contributed by atoms with van der Waals surface area (Å²) in [5, 5.41) is 6.49. The zero-order chi connectivity index (χ0) is 17.0. The Kier molecular flexibility index (Phi) is 11.1. The molecule has 2 rings (SSSR count). The van der Waals surface area contributed by atoms with Crippen molar-refractivity contribution >= 4 is 29.9 Å². The SMILES string of the molecule is CCOCCCCNC(=NC)NCCOc1ccc2c(c1)OCO2.I. The highest BCUT2D eigenvalue weighted by Crippen LogP contribution is 2.34. The second kappa shape index (κ2) is 12.9. The molecular weight excluding hydrogens is 437 g/mol. The number of guanidine groups is 1. The maximum atomic E-state index is 5.70. The number of unbranched alkanes of at least 4 members (excludes halogenated alkanes) is 1. The fourth-order valence-electron chi connectivity index (χ4n) is 2.21. The molecule has 0 aliphatic carbocycles. The Hall–Kier alpha value is -1.42. The second-order valence-corrected chi connectivity index (χ2v) is 5.19. The van der Waals surface area contributed by atoms with E-state index in [1.54, 1.807) is 7.05 Å². The van der Waals surface area contributed by atoms with Crippen molar-refractivity contribution in [1.82, 2.24) is 10.6 Å². The Morgan fingerprint density at radius 2 is 1.92 bits per heavy atom. The number of halogens is 1. The van der Waals surface area contributed by atoms with Gasteiger partial charge in [0.1, 0.15) is 12.4 Å². The van der Waals surface area contributed by atoms with E-state index < -0.39 is 0 Å². The molecule has 25 heavy (non-hydrogen) atoms. The van der Waals surface area contributed by atoms with E-state index in [0.29, 0.717) is 13.2 Å². The van der Waals surface area contributed by atoms with Gasteiger partial charge in [-0.1, -0.05) is 0 Å². The molecule has 1 aliphatic heterocycles. The molecule has 0 spiro atoms.